The van der Waals surface area contributed by atoms with Gasteiger partial charge >= 0.3 is 0 Å². The van der Waals surface area contributed by atoms with Crippen molar-refractivity contribution in [3.05, 3.63) is 40.2 Å². The van der Waals surface area contributed by atoms with Gasteiger partial charge in [-0.05, 0) is 32.9 Å². The second-order valence-corrected chi connectivity index (χ2v) is 5.89. The zero-order chi connectivity index (χ0) is 16.4. The van der Waals surface area contributed by atoms with Crippen molar-refractivity contribution in [1.29, 1.82) is 0 Å². The normalized spacial score (nSPS) is 12.1. The van der Waals surface area contributed by atoms with Gasteiger partial charge in [0.2, 0.25) is 5.91 Å². The van der Waals surface area contributed by atoms with E-state index in [1.165, 1.54) is 0 Å². The van der Waals surface area contributed by atoms with Crippen molar-refractivity contribution in [3.8, 4) is 0 Å². The van der Waals surface area contributed by atoms with Gasteiger partial charge in [-0.2, -0.15) is 0 Å². The Labute approximate surface area is 135 Å². The van der Waals surface area contributed by atoms with Crippen LogP contribution < -0.4 is 10.2 Å². The van der Waals surface area contributed by atoms with E-state index >= 15 is 0 Å². The first-order chi connectivity index (χ1) is 10.3. The average Bonchev–Trinajstić information content (AvgIpc) is 2.77. The summed E-state index contributed by atoms with van der Waals surface area (Å²) in [5, 5.41) is 7.43. The van der Waals surface area contributed by atoms with Crippen LogP contribution in [-0.2, 0) is 4.79 Å². The van der Waals surface area contributed by atoms with Gasteiger partial charge < -0.3 is 14.7 Å². The van der Waals surface area contributed by atoms with Crippen LogP contribution in [0.15, 0.2) is 22.7 Å². The summed E-state index contributed by atoms with van der Waals surface area (Å²) in [6.45, 7) is 5.48. The van der Waals surface area contributed by atoms with Crippen LogP contribution in [0, 0.1) is 13.8 Å². The van der Waals surface area contributed by atoms with Crippen molar-refractivity contribution in [1.82, 2.24) is 5.16 Å². The van der Waals surface area contributed by atoms with Gasteiger partial charge in [0, 0.05) is 19.7 Å². The zero-order valence-corrected chi connectivity index (χ0v) is 14.2. The number of carbonyl (C=O) groups is 1. The van der Waals surface area contributed by atoms with Crippen molar-refractivity contribution in [2.75, 3.05) is 24.3 Å². The van der Waals surface area contributed by atoms with Gasteiger partial charge in [0.05, 0.1) is 28.0 Å². The molecule has 118 valence electrons. The Kier molecular flexibility index (Phi) is 4.76. The fourth-order valence-electron chi connectivity index (χ4n) is 2.55. The largest absolute Gasteiger partial charge is 0.375 e. The molecule has 2 aromatic rings. The van der Waals surface area contributed by atoms with Crippen molar-refractivity contribution < 1.29 is 9.32 Å². The molecule has 1 aromatic carbocycles. The van der Waals surface area contributed by atoms with Crippen LogP contribution in [0.25, 0.3) is 0 Å². The summed E-state index contributed by atoms with van der Waals surface area (Å²) in [6, 6.07) is 5.44. The molecule has 6 heteroatoms. The predicted molar refractivity (Wildman–Crippen MR) is 88.8 cm³/mol. The molecule has 2 rings (SSSR count). The molecule has 1 heterocycles. The molecule has 5 nitrogen and oxygen atoms in total. The number of para-hydroxylation sites is 1. The summed E-state index contributed by atoms with van der Waals surface area (Å²) >= 11 is 6.22. The highest BCUT2D eigenvalue weighted by Crippen LogP contribution is 2.33. The Balaban J connectivity index is 2.28. The van der Waals surface area contributed by atoms with Crippen LogP contribution in [0.4, 0.5) is 11.4 Å². The maximum absolute atomic E-state index is 12.6. The van der Waals surface area contributed by atoms with E-state index in [1.807, 2.05) is 51.9 Å². The summed E-state index contributed by atoms with van der Waals surface area (Å²) in [7, 11) is 3.77. The Morgan fingerprint density at radius 2 is 2.05 bits per heavy atom. The first kappa shape index (κ1) is 16.4. The van der Waals surface area contributed by atoms with Gasteiger partial charge in [-0.3, -0.25) is 4.79 Å². The molecule has 0 saturated carbocycles. The first-order valence-electron chi connectivity index (χ1n) is 7.02. The Hall–Kier alpha value is -2.01. The summed E-state index contributed by atoms with van der Waals surface area (Å²) in [4.78, 5) is 14.4. The van der Waals surface area contributed by atoms with Crippen molar-refractivity contribution >= 4 is 28.9 Å². The fraction of sp³-hybridized carbons (Fsp3) is 0.375. The number of carbonyl (C=O) groups excluding carboxylic acids is 1. The lowest BCUT2D eigenvalue weighted by atomic mass is 9.98. The number of benzene rings is 1. The van der Waals surface area contributed by atoms with Crippen molar-refractivity contribution in [3.63, 3.8) is 0 Å². The summed E-state index contributed by atoms with van der Waals surface area (Å²) in [5.74, 6) is 0.180. The van der Waals surface area contributed by atoms with Crippen LogP contribution in [0.1, 0.15) is 29.9 Å². The second kappa shape index (κ2) is 6.40. The maximum atomic E-state index is 12.6. The minimum atomic E-state index is -0.361. The Bertz CT molecular complexity index is 675. The summed E-state index contributed by atoms with van der Waals surface area (Å²) in [6.07, 6.45) is 0. The van der Waals surface area contributed by atoms with Crippen LogP contribution in [0.5, 0.6) is 0 Å². The van der Waals surface area contributed by atoms with E-state index in [1.54, 1.807) is 6.07 Å². The number of aryl methyl sites for hydroxylation is 2. The number of hydrogen-bond acceptors (Lipinski definition) is 4. The minimum absolute atomic E-state index is 0.125. The standard InChI is InChI=1S/C16H20ClN3O2/c1-9(14-10(2)19-22-11(14)3)16(21)18-13-8-6-7-12(17)15(13)20(4)5/h6-9H,1-5H3,(H,18,21)/t9-/m1/s1. The number of aromatic nitrogens is 1. The molecular formula is C16H20ClN3O2. The molecule has 1 N–H and O–H groups in total. The maximum Gasteiger partial charge on any atom is 0.231 e. The van der Waals surface area contributed by atoms with Crippen LogP contribution in [0.2, 0.25) is 5.02 Å². The monoisotopic (exact) mass is 321 g/mol. The molecule has 0 unspecified atom stereocenters. The van der Waals surface area contributed by atoms with Crippen molar-refractivity contribution in [2.24, 2.45) is 0 Å². The third kappa shape index (κ3) is 3.09. The zero-order valence-electron chi connectivity index (χ0n) is 13.4. The number of nitrogens with one attached hydrogen (secondary N) is 1. The third-order valence-corrected chi connectivity index (χ3v) is 3.91. The van der Waals surface area contributed by atoms with Crippen LogP contribution in [0.3, 0.4) is 0 Å². The van der Waals surface area contributed by atoms with Gasteiger partial charge in [-0.25, -0.2) is 0 Å². The second-order valence-electron chi connectivity index (χ2n) is 5.48. The van der Waals surface area contributed by atoms with E-state index in [9.17, 15) is 4.79 Å². The van der Waals surface area contributed by atoms with E-state index in [2.05, 4.69) is 10.5 Å². The highest BCUT2D eigenvalue weighted by atomic mass is 35.5. The molecule has 0 saturated heterocycles. The smallest absolute Gasteiger partial charge is 0.231 e. The quantitative estimate of drug-likeness (QED) is 0.931. The molecule has 1 aromatic heterocycles. The molecular weight excluding hydrogens is 302 g/mol. The van der Waals surface area contributed by atoms with Gasteiger partial charge in [-0.15, -0.1) is 0 Å². The van der Waals surface area contributed by atoms with E-state index < -0.39 is 0 Å². The van der Waals surface area contributed by atoms with E-state index in [4.69, 9.17) is 16.1 Å². The molecule has 22 heavy (non-hydrogen) atoms. The Morgan fingerprint density at radius 3 is 2.59 bits per heavy atom. The average molecular weight is 322 g/mol. The summed E-state index contributed by atoms with van der Waals surface area (Å²) < 4.78 is 5.14. The highest BCUT2D eigenvalue weighted by Gasteiger charge is 2.24. The number of amides is 1. The number of hydrogen-bond donors (Lipinski definition) is 1. The molecule has 1 atom stereocenters. The molecule has 0 aliphatic rings. The summed E-state index contributed by atoms with van der Waals surface area (Å²) in [5.41, 5.74) is 3.02. The molecule has 0 aliphatic heterocycles. The lowest BCUT2D eigenvalue weighted by Crippen LogP contribution is -2.22. The molecule has 0 bridgehead atoms. The molecule has 1 amide bonds. The van der Waals surface area contributed by atoms with Gasteiger partial charge in [0.15, 0.2) is 0 Å². The van der Waals surface area contributed by atoms with E-state index in [-0.39, 0.29) is 11.8 Å². The number of halogens is 1. The third-order valence-electron chi connectivity index (χ3n) is 3.61. The molecule has 0 spiro atoms. The van der Waals surface area contributed by atoms with Gasteiger partial charge in [0.1, 0.15) is 5.76 Å². The van der Waals surface area contributed by atoms with Crippen LogP contribution >= 0.6 is 11.6 Å². The highest BCUT2D eigenvalue weighted by molar-refractivity contribution is 6.34. The SMILES string of the molecule is Cc1noc(C)c1[C@@H](C)C(=O)Nc1cccc(Cl)c1N(C)C. The fourth-order valence-corrected chi connectivity index (χ4v) is 2.89. The number of nitrogens with zero attached hydrogens (tertiary/aromatic N) is 2. The van der Waals surface area contributed by atoms with Gasteiger partial charge in [-0.1, -0.05) is 22.8 Å². The number of rotatable bonds is 4. The molecule has 0 radical (unpaired) electrons. The van der Waals surface area contributed by atoms with E-state index in [0.29, 0.717) is 16.5 Å². The van der Waals surface area contributed by atoms with E-state index in [0.717, 1.165) is 16.9 Å². The lowest BCUT2D eigenvalue weighted by Gasteiger charge is -2.20. The topological polar surface area (TPSA) is 58.4 Å². The van der Waals surface area contributed by atoms with Gasteiger partial charge in [0.25, 0.3) is 0 Å². The first-order valence-corrected chi connectivity index (χ1v) is 7.40. The molecule has 0 aliphatic carbocycles. The van der Waals surface area contributed by atoms with Crippen LogP contribution in [-0.4, -0.2) is 25.2 Å². The molecule has 0 fully saturated rings. The minimum Gasteiger partial charge on any atom is -0.375 e. The lowest BCUT2D eigenvalue weighted by molar-refractivity contribution is -0.117. The Morgan fingerprint density at radius 1 is 1.36 bits per heavy atom. The predicted octanol–water partition coefficient (Wildman–Crippen LogP) is 3.75. The van der Waals surface area contributed by atoms with Crippen molar-refractivity contribution in [2.45, 2.75) is 26.7 Å². The number of anilines is 2.